The van der Waals surface area contributed by atoms with Gasteiger partial charge in [0.15, 0.2) is 6.10 Å². The maximum Gasteiger partial charge on any atom is 0.306 e. The Bertz CT molecular complexity index is 962. The molecule has 6 nitrogen and oxygen atoms in total. The van der Waals surface area contributed by atoms with E-state index in [9.17, 15) is 14.4 Å². The van der Waals surface area contributed by atoms with Crippen LogP contribution in [0.4, 0.5) is 0 Å². The maximum absolute atomic E-state index is 12.8. The molecule has 0 saturated carbocycles. The van der Waals surface area contributed by atoms with Crippen molar-refractivity contribution in [2.45, 2.75) is 316 Å². The smallest absolute Gasteiger partial charge is 0.306 e. The number of ether oxygens (including phenoxy) is 3. The van der Waals surface area contributed by atoms with Gasteiger partial charge < -0.3 is 14.2 Å². The lowest BCUT2D eigenvalue weighted by molar-refractivity contribution is -0.167. The molecule has 0 fully saturated rings. The van der Waals surface area contributed by atoms with Gasteiger partial charge in [0, 0.05) is 19.3 Å². The molecule has 1 atom stereocenters. The Morgan fingerprint density at radius 1 is 0.306 bits per heavy atom. The lowest BCUT2D eigenvalue weighted by Crippen LogP contribution is -2.30. The second-order valence-electron chi connectivity index (χ2n) is 18.9. The molecule has 0 aromatic rings. The highest BCUT2D eigenvalue weighted by Gasteiger charge is 2.19. The van der Waals surface area contributed by atoms with Gasteiger partial charge in [-0.25, -0.2) is 0 Å². The minimum atomic E-state index is -0.766. The number of allylic oxidation sites excluding steroid dienone is 2. The highest BCUT2D eigenvalue weighted by atomic mass is 16.6. The minimum absolute atomic E-state index is 0.0673. The zero-order valence-corrected chi connectivity index (χ0v) is 41.9. The van der Waals surface area contributed by atoms with Crippen LogP contribution in [-0.4, -0.2) is 37.2 Å². The fourth-order valence-electron chi connectivity index (χ4n) is 8.33. The van der Waals surface area contributed by atoms with Crippen LogP contribution < -0.4 is 0 Å². The van der Waals surface area contributed by atoms with E-state index in [-0.39, 0.29) is 31.1 Å². The van der Waals surface area contributed by atoms with Gasteiger partial charge in [-0.15, -0.1) is 0 Å². The number of hydrogen-bond donors (Lipinski definition) is 0. The summed E-state index contributed by atoms with van der Waals surface area (Å²) in [5.41, 5.74) is 0. The summed E-state index contributed by atoms with van der Waals surface area (Å²) in [6, 6.07) is 0. The molecule has 0 amide bonds. The first-order valence-electron chi connectivity index (χ1n) is 27.7. The number of unbranched alkanes of at least 4 members (excludes halogenated alkanes) is 38. The average molecular weight is 875 g/mol. The molecular formula is C56H106O6. The van der Waals surface area contributed by atoms with Crippen LogP contribution in [0.25, 0.3) is 0 Å². The van der Waals surface area contributed by atoms with E-state index in [1.54, 1.807) is 0 Å². The van der Waals surface area contributed by atoms with E-state index in [0.717, 1.165) is 70.6 Å². The molecule has 0 aliphatic heterocycles. The van der Waals surface area contributed by atoms with Crippen molar-refractivity contribution < 1.29 is 28.6 Å². The first kappa shape index (κ1) is 60.2. The van der Waals surface area contributed by atoms with E-state index in [4.69, 9.17) is 14.2 Å². The highest BCUT2D eigenvalue weighted by Crippen LogP contribution is 2.17. The van der Waals surface area contributed by atoms with Crippen molar-refractivity contribution in [3.63, 3.8) is 0 Å². The van der Waals surface area contributed by atoms with E-state index in [0.29, 0.717) is 19.3 Å². The van der Waals surface area contributed by atoms with Crippen LogP contribution in [0, 0.1) is 0 Å². The molecule has 0 saturated heterocycles. The predicted molar refractivity (Wildman–Crippen MR) is 266 cm³/mol. The maximum atomic E-state index is 12.8. The number of carbonyl (C=O) groups is 3. The van der Waals surface area contributed by atoms with Crippen molar-refractivity contribution >= 4 is 17.9 Å². The van der Waals surface area contributed by atoms with Crippen LogP contribution in [0.2, 0.25) is 0 Å². The Morgan fingerprint density at radius 3 is 0.871 bits per heavy atom. The van der Waals surface area contributed by atoms with Gasteiger partial charge in [-0.05, 0) is 38.5 Å². The summed E-state index contributed by atoms with van der Waals surface area (Å²) in [6.07, 6.45) is 57.9. The quantitative estimate of drug-likeness (QED) is 0.0262. The Labute approximate surface area is 386 Å². The molecule has 62 heavy (non-hydrogen) atoms. The molecular weight excluding hydrogens is 769 g/mol. The molecule has 6 heteroatoms. The monoisotopic (exact) mass is 875 g/mol. The SMILES string of the molecule is CCC/C=C\CCCCCCCC(=O)OCC(COC(=O)CCCCCCCCCCCCCCCCCCCCCCCCC)OC(=O)CCCCCCCCCCCCC. The molecule has 0 spiro atoms. The van der Waals surface area contributed by atoms with Crippen LogP contribution in [0.3, 0.4) is 0 Å². The van der Waals surface area contributed by atoms with E-state index in [1.165, 1.54) is 199 Å². The Balaban J connectivity index is 4.13. The van der Waals surface area contributed by atoms with Crippen molar-refractivity contribution in [3.8, 4) is 0 Å². The molecule has 0 radical (unpaired) electrons. The lowest BCUT2D eigenvalue weighted by atomic mass is 10.0. The minimum Gasteiger partial charge on any atom is -0.462 e. The van der Waals surface area contributed by atoms with E-state index < -0.39 is 6.10 Å². The van der Waals surface area contributed by atoms with Gasteiger partial charge >= 0.3 is 17.9 Å². The molecule has 0 bridgehead atoms. The molecule has 366 valence electrons. The zero-order valence-electron chi connectivity index (χ0n) is 41.9. The normalized spacial score (nSPS) is 12.0. The summed E-state index contributed by atoms with van der Waals surface area (Å²) in [5.74, 6) is -0.861. The fourth-order valence-corrected chi connectivity index (χ4v) is 8.33. The Kier molecular flexibility index (Phi) is 50.2. The summed E-state index contributed by atoms with van der Waals surface area (Å²) >= 11 is 0. The lowest BCUT2D eigenvalue weighted by Gasteiger charge is -2.18. The van der Waals surface area contributed by atoms with Crippen LogP contribution >= 0.6 is 0 Å². The molecule has 1 unspecified atom stereocenters. The van der Waals surface area contributed by atoms with Gasteiger partial charge in [0.05, 0.1) is 0 Å². The zero-order chi connectivity index (χ0) is 45.1. The van der Waals surface area contributed by atoms with Gasteiger partial charge in [0.1, 0.15) is 13.2 Å². The first-order valence-corrected chi connectivity index (χ1v) is 27.7. The second-order valence-corrected chi connectivity index (χ2v) is 18.9. The summed E-state index contributed by atoms with van der Waals surface area (Å²) < 4.78 is 16.8. The van der Waals surface area contributed by atoms with Crippen molar-refractivity contribution in [3.05, 3.63) is 12.2 Å². The number of carbonyl (C=O) groups excluding carboxylic acids is 3. The Morgan fingerprint density at radius 2 is 0.565 bits per heavy atom. The van der Waals surface area contributed by atoms with E-state index >= 15 is 0 Å². The van der Waals surface area contributed by atoms with Crippen molar-refractivity contribution in [1.82, 2.24) is 0 Å². The third-order valence-corrected chi connectivity index (χ3v) is 12.5. The van der Waals surface area contributed by atoms with Crippen molar-refractivity contribution in [2.24, 2.45) is 0 Å². The number of hydrogen-bond acceptors (Lipinski definition) is 6. The van der Waals surface area contributed by atoms with Crippen molar-refractivity contribution in [1.29, 1.82) is 0 Å². The topological polar surface area (TPSA) is 78.9 Å². The van der Waals surface area contributed by atoms with E-state index in [2.05, 4.69) is 32.9 Å². The predicted octanol–water partition coefficient (Wildman–Crippen LogP) is 18.2. The molecule has 0 aromatic heterocycles. The molecule has 0 aliphatic carbocycles. The van der Waals surface area contributed by atoms with E-state index in [1.807, 2.05) is 0 Å². The van der Waals surface area contributed by atoms with Crippen LogP contribution in [-0.2, 0) is 28.6 Å². The third-order valence-electron chi connectivity index (χ3n) is 12.5. The summed E-state index contributed by atoms with van der Waals surface area (Å²) in [4.78, 5) is 37.9. The molecule has 0 N–H and O–H groups in total. The highest BCUT2D eigenvalue weighted by molar-refractivity contribution is 5.71. The van der Waals surface area contributed by atoms with Gasteiger partial charge in [0.2, 0.25) is 0 Å². The average Bonchev–Trinajstić information content (AvgIpc) is 3.27. The van der Waals surface area contributed by atoms with Crippen LogP contribution in [0.5, 0.6) is 0 Å². The van der Waals surface area contributed by atoms with Gasteiger partial charge in [-0.1, -0.05) is 264 Å². The summed E-state index contributed by atoms with van der Waals surface area (Å²) in [5, 5.41) is 0. The second kappa shape index (κ2) is 51.8. The fraction of sp³-hybridized carbons (Fsp3) is 0.911. The van der Waals surface area contributed by atoms with Gasteiger partial charge in [0.25, 0.3) is 0 Å². The van der Waals surface area contributed by atoms with Gasteiger partial charge in [-0.3, -0.25) is 14.4 Å². The molecule has 0 aliphatic rings. The standard InChI is InChI=1S/C56H106O6/c1-4-7-10-13-16-19-22-23-24-25-26-27-28-29-30-31-32-33-35-37-40-43-46-49-55(58)61-52-53(51-60-54(57)48-45-42-39-36-21-18-15-12-9-6-3)62-56(59)50-47-44-41-38-34-20-17-14-11-8-5-2/h12,15,53H,4-11,13-14,16-52H2,1-3H3/b15-12-. The van der Waals surface area contributed by atoms with Crippen LogP contribution in [0.1, 0.15) is 310 Å². The molecule has 0 heterocycles. The van der Waals surface area contributed by atoms with Crippen molar-refractivity contribution in [2.75, 3.05) is 13.2 Å². The molecule has 0 aromatic carbocycles. The number of rotatable bonds is 51. The largest absolute Gasteiger partial charge is 0.462 e. The Hall–Kier alpha value is -1.85. The number of esters is 3. The van der Waals surface area contributed by atoms with Crippen LogP contribution in [0.15, 0.2) is 12.2 Å². The van der Waals surface area contributed by atoms with Gasteiger partial charge in [-0.2, -0.15) is 0 Å². The summed E-state index contributed by atoms with van der Waals surface area (Å²) in [6.45, 7) is 6.61. The third kappa shape index (κ3) is 49.2. The summed E-state index contributed by atoms with van der Waals surface area (Å²) in [7, 11) is 0. The first-order chi connectivity index (χ1) is 30.5. The molecule has 0 rings (SSSR count).